The Hall–Kier alpha value is -2.95. The van der Waals surface area contributed by atoms with Gasteiger partial charge in [-0.1, -0.05) is 23.8 Å². The van der Waals surface area contributed by atoms with Crippen LogP contribution in [-0.2, 0) is 0 Å². The second-order valence-corrected chi connectivity index (χ2v) is 6.11. The van der Waals surface area contributed by atoms with Crippen LogP contribution in [0.25, 0.3) is 11.3 Å². The van der Waals surface area contributed by atoms with Gasteiger partial charge in [0.15, 0.2) is 17.7 Å². The lowest BCUT2D eigenvalue weighted by molar-refractivity contribution is 0.366. The van der Waals surface area contributed by atoms with Crippen molar-refractivity contribution in [3.63, 3.8) is 0 Å². The number of methoxy groups -OCH3 is 1. The normalized spacial score (nSPS) is 15.4. The third kappa shape index (κ3) is 2.12. The van der Waals surface area contributed by atoms with Gasteiger partial charge in [-0.25, -0.2) is 4.68 Å². The molecule has 5 nitrogen and oxygen atoms in total. The van der Waals surface area contributed by atoms with Crippen molar-refractivity contribution in [1.29, 1.82) is 0 Å². The van der Waals surface area contributed by atoms with Gasteiger partial charge in [0.2, 0.25) is 0 Å². The number of para-hydroxylation sites is 1. The molecule has 1 aromatic heterocycles. The number of ether oxygens (including phenoxy) is 1. The molecule has 0 spiro atoms. The van der Waals surface area contributed by atoms with Crippen molar-refractivity contribution in [2.75, 3.05) is 12.4 Å². The van der Waals surface area contributed by atoms with Gasteiger partial charge in [-0.15, -0.1) is 0 Å². The molecule has 1 aliphatic heterocycles. The standard InChI is InChI=1S/C19H19N3O2/c1-11-7-8-15-14(9-11)16-10-12(2)21-22(16)19(20-15)13-5-4-6-17(24-3)18(13)23/h4-10,19-20,23H,1-3H3/t19-/m0/s1. The molecule has 24 heavy (non-hydrogen) atoms. The second-order valence-electron chi connectivity index (χ2n) is 6.11. The van der Waals surface area contributed by atoms with Gasteiger partial charge in [-0.2, -0.15) is 5.10 Å². The van der Waals surface area contributed by atoms with E-state index in [2.05, 4.69) is 41.6 Å². The number of aryl methyl sites for hydroxylation is 2. The number of rotatable bonds is 2. The first-order valence-electron chi connectivity index (χ1n) is 7.88. The molecule has 4 rings (SSSR count). The van der Waals surface area contributed by atoms with Crippen LogP contribution in [0.1, 0.15) is 23.0 Å². The third-order valence-electron chi connectivity index (χ3n) is 4.39. The maximum Gasteiger partial charge on any atom is 0.164 e. The van der Waals surface area contributed by atoms with Gasteiger partial charge >= 0.3 is 0 Å². The van der Waals surface area contributed by atoms with E-state index < -0.39 is 0 Å². The fraction of sp³-hybridized carbons (Fsp3) is 0.211. The molecule has 5 heteroatoms. The number of hydrogen-bond acceptors (Lipinski definition) is 4. The van der Waals surface area contributed by atoms with Crippen molar-refractivity contribution in [2.24, 2.45) is 0 Å². The highest BCUT2D eigenvalue weighted by atomic mass is 16.5. The van der Waals surface area contributed by atoms with E-state index in [0.29, 0.717) is 5.75 Å². The molecule has 0 bridgehead atoms. The maximum absolute atomic E-state index is 10.6. The number of hydrogen-bond donors (Lipinski definition) is 2. The molecule has 122 valence electrons. The molecular formula is C19H19N3O2. The Morgan fingerprint density at radius 1 is 1.17 bits per heavy atom. The fourth-order valence-electron chi connectivity index (χ4n) is 3.25. The summed E-state index contributed by atoms with van der Waals surface area (Å²) in [6.07, 6.45) is -0.293. The second kappa shape index (κ2) is 5.30. The van der Waals surface area contributed by atoms with Crippen LogP contribution >= 0.6 is 0 Å². The number of anilines is 1. The Bertz CT molecular complexity index is 930. The van der Waals surface area contributed by atoms with Gasteiger partial charge in [0, 0.05) is 16.8 Å². The zero-order valence-corrected chi connectivity index (χ0v) is 13.9. The summed E-state index contributed by atoms with van der Waals surface area (Å²) in [6.45, 7) is 4.05. The summed E-state index contributed by atoms with van der Waals surface area (Å²) in [4.78, 5) is 0. The quantitative estimate of drug-likeness (QED) is 0.752. The van der Waals surface area contributed by atoms with E-state index in [-0.39, 0.29) is 11.9 Å². The van der Waals surface area contributed by atoms with E-state index in [9.17, 15) is 5.11 Å². The predicted molar refractivity (Wildman–Crippen MR) is 93.6 cm³/mol. The number of fused-ring (bicyclic) bond motifs is 3. The van der Waals surface area contributed by atoms with Crippen molar-refractivity contribution >= 4 is 5.69 Å². The minimum atomic E-state index is -0.293. The minimum Gasteiger partial charge on any atom is -0.504 e. The van der Waals surface area contributed by atoms with Crippen LogP contribution in [-0.4, -0.2) is 22.0 Å². The van der Waals surface area contributed by atoms with E-state index in [1.54, 1.807) is 13.2 Å². The molecule has 0 unspecified atom stereocenters. The van der Waals surface area contributed by atoms with Gasteiger partial charge in [-0.3, -0.25) is 0 Å². The van der Waals surface area contributed by atoms with E-state index in [4.69, 9.17) is 4.74 Å². The molecule has 2 aromatic carbocycles. The van der Waals surface area contributed by atoms with Crippen LogP contribution in [0.15, 0.2) is 42.5 Å². The van der Waals surface area contributed by atoms with Crippen LogP contribution in [0.4, 0.5) is 5.69 Å². The molecule has 1 aliphatic rings. The van der Waals surface area contributed by atoms with Crippen molar-refractivity contribution < 1.29 is 9.84 Å². The zero-order valence-electron chi connectivity index (χ0n) is 13.9. The average molecular weight is 321 g/mol. The predicted octanol–water partition coefficient (Wildman–Crippen LogP) is 3.85. The molecule has 0 radical (unpaired) electrons. The Labute approximate surface area is 140 Å². The van der Waals surface area contributed by atoms with Gasteiger partial charge in [-0.05, 0) is 38.1 Å². The number of benzene rings is 2. The van der Waals surface area contributed by atoms with Crippen LogP contribution in [0.5, 0.6) is 11.5 Å². The fourth-order valence-corrected chi connectivity index (χ4v) is 3.25. The lowest BCUT2D eigenvalue weighted by Gasteiger charge is -2.30. The van der Waals surface area contributed by atoms with Gasteiger partial charge in [0.1, 0.15) is 0 Å². The van der Waals surface area contributed by atoms with Gasteiger partial charge in [0.25, 0.3) is 0 Å². The van der Waals surface area contributed by atoms with E-state index in [1.165, 1.54) is 5.56 Å². The molecule has 0 amide bonds. The number of nitrogens with zero attached hydrogens (tertiary/aromatic N) is 2. The molecule has 0 fully saturated rings. The number of aromatic nitrogens is 2. The van der Waals surface area contributed by atoms with E-state index >= 15 is 0 Å². The molecule has 3 aromatic rings. The van der Waals surface area contributed by atoms with E-state index in [0.717, 1.165) is 28.2 Å². The number of aromatic hydroxyl groups is 1. The molecular weight excluding hydrogens is 302 g/mol. The molecule has 0 saturated carbocycles. The van der Waals surface area contributed by atoms with Crippen molar-refractivity contribution in [3.8, 4) is 22.8 Å². The highest BCUT2D eigenvalue weighted by molar-refractivity contribution is 5.79. The summed E-state index contributed by atoms with van der Waals surface area (Å²) < 4.78 is 7.17. The van der Waals surface area contributed by atoms with Gasteiger partial charge in [0.05, 0.1) is 18.5 Å². The Balaban J connectivity index is 1.92. The minimum absolute atomic E-state index is 0.132. The summed E-state index contributed by atoms with van der Waals surface area (Å²) in [7, 11) is 1.55. The summed E-state index contributed by atoms with van der Waals surface area (Å²) >= 11 is 0. The first-order valence-corrected chi connectivity index (χ1v) is 7.88. The maximum atomic E-state index is 10.6. The summed E-state index contributed by atoms with van der Waals surface area (Å²) in [5.41, 5.74) is 6.05. The molecule has 2 N–H and O–H groups in total. The smallest absolute Gasteiger partial charge is 0.164 e. The largest absolute Gasteiger partial charge is 0.504 e. The first-order chi connectivity index (χ1) is 11.6. The van der Waals surface area contributed by atoms with Crippen LogP contribution in [0, 0.1) is 13.8 Å². The lowest BCUT2D eigenvalue weighted by Crippen LogP contribution is -2.25. The summed E-state index contributed by atoms with van der Waals surface area (Å²) in [5.74, 6) is 0.585. The number of nitrogens with one attached hydrogen (secondary N) is 1. The monoisotopic (exact) mass is 321 g/mol. The van der Waals surface area contributed by atoms with Crippen LogP contribution in [0.2, 0.25) is 0 Å². The summed E-state index contributed by atoms with van der Waals surface area (Å²) in [5, 5.41) is 18.7. The van der Waals surface area contributed by atoms with Gasteiger partial charge < -0.3 is 15.2 Å². The Kier molecular flexibility index (Phi) is 3.23. The highest BCUT2D eigenvalue weighted by Crippen LogP contribution is 2.42. The number of phenols is 1. The van der Waals surface area contributed by atoms with E-state index in [1.807, 2.05) is 23.7 Å². The zero-order chi connectivity index (χ0) is 16.8. The van der Waals surface area contributed by atoms with Crippen molar-refractivity contribution in [2.45, 2.75) is 20.0 Å². The van der Waals surface area contributed by atoms with Crippen molar-refractivity contribution in [1.82, 2.24) is 9.78 Å². The summed E-state index contributed by atoms with van der Waals surface area (Å²) in [6, 6.07) is 13.9. The Morgan fingerprint density at radius 3 is 2.79 bits per heavy atom. The molecule has 2 heterocycles. The first kappa shape index (κ1) is 14.6. The topological polar surface area (TPSA) is 59.3 Å². The number of phenolic OH excluding ortho intramolecular Hbond substituents is 1. The SMILES string of the molecule is COc1cccc([C@H]2Nc3ccc(C)cc3-c3cc(C)nn32)c1O. The van der Waals surface area contributed by atoms with Crippen LogP contribution < -0.4 is 10.1 Å². The third-order valence-corrected chi connectivity index (χ3v) is 4.39. The highest BCUT2D eigenvalue weighted by Gasteiger charge is 2.29. The molecule has 1 atom stereocenters. The molecule has 0 saturated heterocycles. The van der Waals surface area contributed by atoms with Crippen molar-refractivity contribution in [3.05, 3.63) is 59.3 Å². The lowest BCUT2D eigenvalue weighted by atomic mass is 10.0. The molecule has 0 aliphatic carbocycles. The van der Waals surface area contributed by atoms with Crippen LogP contribution in [0.3, 0.4) is 0 Å². The average Bonchev–Trinajstić information content (AvgIpc) is 2.96. The Morgan fingerprint density at radius 2 is 2.00 bits per heavy atom.